The lowest BCUT2D eigenvalue weighted by Crippen LogP contribution is -2.05. The minimum Gasteiger partial charge on any atom is -0.399 e. The van der Waals surface area contributed by atoms with Crippen LogP contribution in [0.4, 0.5) is 5.69 Å². The highest BCUT2D eigenvalue weighted by Gasteiger charge is 1.94. The largest absolute Gasteiger partial charge is 0.399 e. The molecule has 0 aliphatic rings. The average molecular weight is 176 g/mol. The third-order valence-electron chi connectivity index (χ3n) is 1.73. The van der Waals surface area contributed by atoms with E-state index < -0.39 is 5.91 Å². The molecule has 0 atom stereocenters. The molecule has 3 nitrogen and oxygen atoms in total. The molecule has 1 aromatic rings. The summed E-state index contributed by atoms with van der Waals surface area (Å²) < 4.78 is 0. The molecule has 0 bridgehead atoms. The minimum absolute atomic E-state index is 0.457. The van der Waals surface area contributed by atoms with Crippen LogP contribution in [0, 0.1) is 6.92 Å². The van der Waals surface area contributed by atoms with E-state index in [1.807, 2.05) is 19.1 Å². The zero-order chi connectivity index (χ0) is 9.84. The molecular formula is C10H12N2O. The second kappa shape index (κ2) is 3.76. The van der Waals surface area contributed by atoms with Gasteiger partial charge in [0.1, 0.15) is 0 Å². The molecule has 13 heavy (non-hydrogen) atoms. The summed E-state index contributed by atoms with van der Waals surface area (Å²) in [4.78, 5) is 10.5. The van der Waals surface area contributed by atoms with Gasteiger partial charge in [-0.05, 0) is 36.3 Å². The molecule has 0 unspecified atom stereocenters. The van der Waals surface area contributed by atoms with E-state index in [9.17, 15) is 4.79 Å². The minimum atomic E-state index is -0.457. The van der Waals surface area contributed by atoms with Crippen LogP contribution in [0.5, 0.6) is 0 Å². The number of hydrogen-bond acceptors (Lipinski definition) is 2. The van der Waals surface area contributed by atoms with Crippen molar-refractivity contribution in [3.8, 4) is 0 Å². The van der Waals surface area contributed by atoms with Crippen molar-refractivity contribution in [2.45, 2.75) is 6.92 Å². The van der Waals surface area contributed by atoms with Gasteiger partial charge in [-0.3, -0.25) is 4.79 Å². The molecule has 0 aliphatic carbocycles. The van der Waals surface area contributed by atoms with Crippen LogP contribution in [0.2, 0.25) is 0 Å². The van der Waals surface area contributed by atoms with E-state index in [4.69, 9.17) is 11.5 Å². The van der Waals surface area contributed by atoms with Gasteiger partial charge in [-0.2, -0.15) is 0 Å². The molecule has 0 heterocycles. The maximum absolute atomic E-state index is 10.5. The van der Waals surface area contributed by atoms with Crippen LogP contribution < -0.4 is 11.5 Å². The van der Waals surface area contributed by atoms with Gasteiger partial charge in [0.25, 0.3) is 0 Å². The van der Waals surface area contributed by atoms with E-state index >= 15 is 0 Å². The molecule has 4 N–H and O–H groups in total. The van der Waals surface area contributed by atoms with Crippen molar-refractivity contribution in [1.82, 2.24) is 0 Å². The average Bonchev–Trinajstić information content (AvgIpc) is 2.06. The van der Waals surface area contributed by atoms with Crippen molar-refractivity contribution in [2.75, 3.05) is 5.73 Å². The highest BCUT2D eigenvalue weighted by molar-refractivity contribution is 5.90. The van der Waals surface area contributed by atoms with Crippen LogP contribution in [0.3, 0.4) is 0 Å². The van der Waals surface area contributed by atoms with Gasteiger partial charge in [0, 0.05) is 11.8 Å². The molecule has 1 amide bonds. The number of anilines is 1. The van der Waals surface area contributed by atoms with Crippen LogP contribution in [-0.4, -0.2) is 5.91 Å². The van der Waals surface area contributed by atoms with Gasteiger partial charge in [-0.15, -0.1) is 0 Å². The first-order chi connectivity index (χ1) is 6.09. The lowest BCUT2D eigenvalue weighted by Gasteiger charge is -2.00. The van der Waals surface area contributed by atoms with Crippen molar-refractivity contribution >= 4 is 17.7 Å². The van der Waals surface area contributed by atoms with Gasteiger partial charge in [0.15, 0.2) is 0 Å². The highest BCUT2D eigenvalue weighted by atomic mass is 16.1. The number of aryl methyl sites for hydroxylation is 1. The number of carbonyl (C=O) groups excluding carboxylic acids is 1. The summed E-state index contributed by atoms with van der Waals surface area (Å²) >= 11 is 0. The first-order valence-electron chi connectivity index (χ1n) is 3.93. The summed E-state index contributed by atoms with van der Waals surface area (Å²) in [5.41, 5.74) is 13.2. The van der Waals surface area contributed by atoms with E-state index in [-0.39, 0.29) is 0 Å². The second-order valence-corrected chi connectivity index (χ2v) is 2.85. The Hall–Kier alpha value is -1.77. The van der Waals surface area contributed by atoms with E-state index in [0.29, 0.717) is 5.69 Å². The quantitative estimate of drug-likeness (QED) is 0.523. The molecule has 0 saturated carbocycles. The summed E-state index contributed by atoms with van der Waals surface area (Å²) in [6.45, 7) is 1.94. The predicted octanol–water partition coefficient (Wildman–Crippen LogP) is 1.08. The van der Waals surface area contributed by atoms with Gasteiger partial charge in [-0.25, -0.2) is 0 Å². The van der Waals surface area contributed by atoms with Crippen molar-refractivity contribution < 1.29 is 4.79 Å². The second-order valence-electron chi connectivity index (χ2n) is 2.85. The maximum atomic E-state index is 10.5. The number of primary amides is 1. The van der Waals surface area contributed by atoms with Gasteiger partial charge < -0.3 is 11.5 Å². The summed E-state index contributed by atoms with van der Waals surface area (Å²) in [6, 6.07) is 5.52. The molecule has 0 fully saturated rings. The van der Waals surface area contributed by atoms with Crippen LogP contribution in [0.25, 0.3) is 6.08 Å². The first-order valence-corrected chi connectivity index (χ1v) is 3.93. The number of hydrogen-bond donors (Lipinski definition) is 2. The normalized spacial score (nSPS) is 10.5. The lowest BCUT2D eigenvalue weighted by atomic mass is 10.1. The fourth-order valence-corrected chi connectivity index (χ4v) is 1.01. The zero-order valence-electron chi connectivity index (χ0n) is 7.45. The van der Waals surface area contributed by atoms with E-state index in [0.717, 1.165) is 11.1 Å². The zero-order valence-corrected chi connectivity index (χ0v) is 7.45. The van der Waals surface area contributed by atoms with Gasteiger partial charge in [0.2, 0.25) is 5.91 Å². The fraction of sp³-hybridized carbons (Fsp3) is 0.100. The molecule has 0 saturated heterocycles. The smallest absolute Gasteiger partial charge is 0.241 e. The monoisotopic (exact) mass is 176 g/mol. The Labute approximate surface area is 77.0 Å². The molecule has 0 radical (unpaired) electrons. The fourth-order valence-electron chi connectivity index (χ4n) is 1.01. The molecule has 3 heteroatoms. The van der Waals surface area contributed by atoms with Crippen molar-refractivity contribution in [3.63, 3.8) is 0 Å². The summed E-state index contributed by atoms with van der Waals surface area (Å²) in [5.74, 6) is -0.457. The third-order valence-corrected chi connectivity index (χ3v) is 1.73. The first kappa shape index (κ1) is 9.32. The number of benzene rings is 1. The topological polar surface area (TPSA) is 69.1 Å². The Morgan fingerprint density at radius 2 is 2.15 bits per heavy atom. The molecule has 0 aromatic heterocycles. The van der Waals surface area contributed by atoms with Gasteiger partial charge in [-0.1, -0.05) is 6.07 Å². The molecular weight excluding hydrogens is 164 g/mol. The van der Waals surface area contributed by atoms with Gasteiger partial charge in [0.05, 0.1) is 0 Å². The standard InChI is InChI=1S/C10H12N2O/c1-7-2-4-9(11)6-8(7)3-5-10(12)13/h2-6H,11H2,1H3,(H2,12,13). The summed E-state index contributed by atoms with van der Waals surface area (Å²) in [7, 11) is 0. The van der Waals surface area contributed by atoms with Crippen LogP contribution in [0.15, 0.2) is 24.3 Å². The Bertz CT molecular complexity index is 356. The Balaban J connectivity index is 3.00. The van der Waals surface area contributed by atoms with E-state index in [1.54, 1.807) is 12.1 Å². The summed E-state index contributed by atoms with van der Waals surface area (Å²) in [6.07, 6.45) is 2.98. The van der Waals surface area contributed by atoms with E-state index in [1.165, 1.54) is 6.08 Å². The van der Waals surface area contributed by atoms with Crippen molar-refractivity contribution in [3.05, 3.63) is 35.4 Å². The van der Waals surface area contributed by atoms with Crippen LogP contribution in [-0.2, 0) is 4.79 Å². The number of amides is 1. The Morgan fingerprint density at radius 3 is 2.77 bits per heavy atom. The molecule has 0 aliphatic heterocycles. The van der Waals surface area contributed by atoms with Gasteiger partial charge >= 0.3 is 0 Å². The number of nitrogens with two attached hydrogens (primary N) is 2. The summed E-state index contributed by atoms with van der Waals surface area (Å²) in [5, 5.41) is 0. The number of rotatable bonds is 2. The molecule has 1 rings (SSSR count). The third kappa shape index (κ3) is 2.63. The van der Waals surface area contributed by atoms with Crippen LogP contribution in [0.1, 0.15) is 11.1 Å². The lowest BCUT2D eigenvalue weighted by molar-refractivity contribution is -0.113. The van der Waals surface area contributed by atoms with E-state index in [2.05, 4.69) is 0 Å². The maximum Gasteiger partial charge on any atom is 0.241 e. The number of carbonyl (C=O) groups is 1. The number of nitrogen functional groups attached to an aromatic ring is 1. The molecule has 0 spiro atoms. The predicted molar refractivity (Wildman–Crippen MR) is 53.8 cm³/mol. The van der Waals surface area contributed by atoms with Crippen molar-refractivity contribution in [2.24, 2.45) is 5.73 Å². The SMILES string of the molecule is Cc1ccc(N)cc1C=CC(N)=O. The molecule has 68 valence electrons. The Morgan fingerprint density at radius 1 is 1.46 bits per heavy atom. The highest BCUT2D eigenvalue weighted by Crippen LogP contribution is 2.13. The van der Waals surface area contributed by atoms with Crippen molar-refractivity contribution in [1.29, 1.82) is 0 Å². The van der Waals surface area contributed by atoms with Crippen LogP contribution >= 0.6 is 0 Å². The Kier molecular flexibility index (Phi) is 2.69. The molecule has 1 aromatic carbocycles.